The van der Waals surface area contributed by atoms with Crippen molar-refractivity contribution in [2.45, 2.75) is 11.3 Å². The summed E-state index contributed by atoms with van der Waals surface area (Å²) in [6.07, 6.45) is 2.33. The lowest BCUT2D eigenvalue weighted by Crippen LogP contribution is -2.04. The quantitative estimate of drug-likeness (QED) is 0.490. The summed E-state index contributed by atoms with van der Waals surface area (Å²) in [6, 6.07) is 5.67. The van der Waals surface area contributed by atoms with Crippen molar-refractivity contribution in [2.24, 2.45) is 0 Å². The number of ketones is 1. The summed E-state index contributed by atoms with van der Waals surface area (Å²) in [4.78, 5) is 12.1. The molecule has 0 spiro atoms. The van der Waals surface area contributed by atoms with Crippen molar-refractivity contribution in [3.05, 3.63) is 23.8 Å². The topological polar surface area (TPSA) is 43.1 Å². The summed E-state index contributed by atoms with van der Waals surface area (Å²) in [7, 11) is 0. The second-order valence-corrected chi connectivity index (χ2v) is 4.04. The molecule has 2 nitrogen and oxygen atoms in total. The predicted molar refractivity (Wildman–Crippen MR) is 62.1 cm³/mol. The van der Waals surface area contributed by atoms with Gasteiger partial charge in [0.2, 0.25) is 0 Å². The van der Waals surface area contributed by atoms with E-state index in [1.807, 2.05) is 24.5 Å². The highest BCUT2D eigenvalue weighted by molar-refractivity contribution is 7.98. The van der Waals surface area contributed by atoms with Gasteiger partial charge in [0.1, 0.15) is 0 Å². The van der Waals surface area contributed by atoms with Crippen LogP contribution in [0.5, 0.6) is 0 Å². The predicted octanol–water partition coefficient (Wildman–Crippen LogP) is 2.34. The Balaban J connectivity index is 2.81. The molecule has 0 unspecified atom stereocenters. The monoisotopic (exact) mass is 229 g/mol. The van der Waals surface area contributed by atoms with E-state index in [4.69, 9.17) is 17.3 Å². The lowest BCUT2D eigenvalue weighted by molar-refractivity contribution is -0.116. The maximum absolute atomic E-state index is 11.1. The summed E-state index contributed by atoms with van der Waals surface area (Å²) in [6.45, 7) is 0. The van der Waals surface area contributed by atoms with Gasteiger partial charge in [-0.3, -0.25) is 4.79 Å². The van der Waals surface area contributed by atoms with Crippen LogP contribution in [0.15, 0.2) is 23.1 Å². The van der Waals surface area contributed by atoms with Crippen molar-refractivity contribution >= 4 is 34.8 Å². The van der Waals surface area contributed by atoms with E-state index in [9.17, 15) is 4.79 Å². The number of nitrogen functional groups attached to an aromatic ring is 1. The van der Waals surface area contributed by atoms with E-state index in [-0.39, 0.29) is 11.7 Å². The summed E-state index contributed by atoms with van der Waals surface area (Å²) >= 11 is 7.01. The van der Waals surface area contributed by atoms with Crippen LogP contribution in [-0.4, -0.2) is 17.9 Å². The molecule has 0 aliphatic rings. The molecule has 0 heterocycles. The summed E-state index contributed by atoms with van der Waals surface area (Å²) in [5.41, 5.74) is 7.43. The molecule has 0 aliphatic carbocycles. The SMILES string of the molecule is CSc1ccc(CC(=O)CCl)cc1N. The third kappa shape index (κ3) is 2.93. The first-order valence-corrected chi connectivity index (χ1v) is 5.93. The fraction of sp³-hybridized carbons (Fsp3) is 0.300. The maximum Gasteiger partial charge on any atom is 0.151 e. The number of benzene rings is 1. The molecule has 0 radical (unpaired) electrons. The minimum atomic E-state index is 0.0166. The zero-order valence-electron chi connectivity index (χ0n) is 7.92. The first-order chi connectivity index (χ1) is 6.67. The molecular formula is C10H12ClNOS. The van der Waals surface area contributed by atoms with Crippen molar-refractivity contribution < 1.29 is 4.79 Å². The number of carbonyl (C=O) groups is 1. The Morgan fingerprint density at radius 1 is 1.57 bits per heavy atom. The molecule has 1 rings (SSSR count). The third-order valence-electron chi connectivity index (χ3n) is 1.84. The van der Waals surface area contributed by atoms with Crippen molar-refractivity contribution in [2.75, 3.05) is 17.9 Å². The molecule has 0 bridgehead atoms. The van der Waals surface area contributed by atoms with Crippen LogP contribution in [-0.2, 0) is 11.2 Å². The van der Waals surface area contributed by atoms with E-state index in [0.29, 0.717) is 6.42 Å². The number of anilines is 1. The van der Waals surface area contributed by atoms with Gasteiger partial charge in [0.15, 0.2) is 5.78 Å². The molecule has 14 heavy (non-hydrogen) atoms. The minimum absolute atomic E-state index is 0.0166. The highest BCUT2D eigenvalue weighted by Gasteiger charge is 2.04. The fourth-order valence-corrected chi connectivity index (χ4v) is 1.76. The number of thioether (sulfide) groups is 1. The molecule has 0 aromatic heterocycles. The molecule has 0 atom stereocenters. The van der Waals surface area contributed by atoms with Gasteiger partial charge in [0.05, 0.1) is 5.88 Å². The lowest BCUT2D eigenvalue weighted by Gasteiger charge is -2.04. The standard InChI is InChI=1S/C10H12ClNOS/c1-14-10-3-2-7(5-9(10)12)4-8(13)6-11/h2-3,5H,4,6,12H2,1H3. The Kier molecular flexibility index (Phi) is 4.29. The van der Waals surface area contributed by atoms with E-state index < -0.39 is 0 Å². The van der Waals surface area contributed by atoms with Crippen LogP contribution in [0.2, 0.25) is 0 Å². The van der Waals surface area contributed by atoms with Gasteiger partial charge < -0.3 is 5.73 Å². The molecule has 0 amide bonds. The van der Waals surface area contributed by atoms with E-state index in [1.165, 1.54) is 0 Å². The number of alkyl halides is 1. The van der Waals surface area contributed by atoms with E-state index in [1.54, 1.807) is 11.8 Å². The Hall–Kier alpha value is -0.670. The summed E-state index contributed by atoms with van der Waals surface area (Å²) in [5, 5.41) is 0. The van der Waals surface area contributed by atoms with Crippen molar-refractivity contribution in [1.29, 1.82) is 0 Å². The third-order valence-corrected chi connectivity index (χ3v) is 2.95. The van der Waals surface area contributed by atoms with Crippen molar-refractivity contribution in [3.8, 4) is 0 Å². The van der Waals surface area contributed by atoms with E-state index in [0.717, 1.165) is 16.1 Å². The largest absolute Gasteiger partial charge is 0.398 e. The summed E-state index contributed by atoms with van der Waals surface area (Å²) < 4.78 is 0. The highest BCUT2D eigenvalue weighted by Crippen LogP contribution is 2.23. The van der Waals surface area contributed by atoms with E-state index in [2.05, 4.69) is 0 Å². The second kappa shape index (κ2) is 5.27. The van der Waals surface area contributed by atoms with Gasteiger partial charge in [-0.2, -0.15) is 0 Å². The van der Waals surface area contributed by atoms with Crippen molar-refractivity contribution in [3.63, 3.8) is 0 Å². The molecule has 4 heteroatoms. The number of hydrogen-bond donors (Lipinski definition) is 1. The molecule has 0 fully saturated rings. The molecule has 0 saturated heterocycles. The number of Topliss-reactive ketones (excluding diaryl/α,β-unsaturated/α-hetero) is 1. The molecule has 76 valence electrons. The number of halogens is 1. The zero-order chi connectivity index (χ0) is 10.6. The Morgan fingerprint density at radius 3 is 2.79 bits per heavy atom. The van der Waals surface area contributed by atoms with Crippen LogP contribution in [0, 0.1) is 0 Å². The minimum Gasteiger partial charge on any atom is -0.398 e. The van der Waals surface area contributed by atoms with Crippen LogP contribution in [0.1, 0.15) is 5.56 Å². The van der Waals surface area contributed by atoms with Gasteiger partial charge in [-0.25, -0.2) is 0 Å². The van der Waals surface area contributed by atoms with Gasteiger partial charge >= 0.3 is 0 Å². The van der Waals surface area contributed by atoms with Gasteiger partial charge in [-0.15, -0.1) is 23.4 Å². The van der Waals surface area contributed by atoms with Gasteiger partial charge in [0, 0.05) is 17.0 Å². The zero-order valence-corrected chi connectivity index (χ0v) is 9.49. The number of rotatable bonds is 4. The lowest BCUT2D eigenvalue weighted by atomic mass is 10.1. The Bertz CT molecular complexity index is 341. The first kappa shape index (κ1) is 11.4. The molecule has 0 aliphatic heterocycles. The number of hydrogen-bond acceptors (Lipinski definition) is 3. The van der Waals surface area contributed by atoms with Crippen LogP contribution in [0.3, 0.4) is 0 Å². The molecule has 1 aromatic rings. The van der Waals surface area contributed by atoms with Gasteiger partial charge in [0.25, 0.3) is 0 Å². The Labute approximate surface area is 92.8 Å². The first-order valence-electron chi connectivity index (χ1n) is 4.17. The van der Waals surface area contributed by atoms with Gasteiger partial charge in [-0.1, -0.05) is 6.07 Å². The number of carbonyl (C=O) groups excluding carboxylic acids is 1. The highest BCUT2D eigenvalue weighted by atomic mass is 35.5. The Morgan fingerprint density at radius 2 is 2.29 bits per heavy atom. The molecular weight excluding hydrogens is 218 g/mol. The van der Waals surface area contributed by atoms with Crippen LogP contribution in [0.4, 0.5) is 5.69 Å². The van der Waals surface area contributed by atoms with Crippen molar-refractivity contribution in [1.82, 2.24) is 0 Å². The second-order valence-electron chi connectivity index (χ2n) is 2.93. The van der Waals surface area contributed by atoms with Gasteiger partial charge in [-0.05, 0) is 24.0 Å². The number of nitrogens with two attached hydrogens (primary N) is 1. The average Bonchev–Trinajstić information content (AvgIpc) is 2.18. The smallest absolute Gasteiger partial charge is 0.151 e. The van der Waals surface area contributed by atoms with Crippen LogP contribution in [0.25, 0.3) is 0 Å². The molecule has 0 saturated carbocycles. The molecule has 1 aromatic carbocycles. The van der Waals surface area contributed by atoms with Crippen LogP contribution < -0.4 is 5.73 Å². The van der Waals surface area contributed by atoms with E-state index >= 15 is 0 Å². The average molecular weight is 230 g/mol. The maximum atomic E-state index is 11.1. The molecule has 2 N–H and O–H groups in total. The normalized spacial score (nSPS) is 10.1. The fourth-order valence-electron chi connectivity index (χ4n) is 1.17. The van der Waals surface area contributed by atoms with Crippen LogP contribution >= 0.6 is 23.4 Å². The summed E-state index contributed by atoms with van der Waals surface area (Å²) in [5.74, 6) is 0.0763.